The molecule has 3 aromatic rings. The molecule has 1 heterocycles. The molecule has 0 radical (unpaired) electrons. The molecule has 0 amide bonds. The largest absolute Gasteiger partial charge is 0.507 e. The molecule has 1 aliphatic heterocycles. The van der Waals surface area contributed by atoms with Crippen LogP contribution in [-0.4, -0.2) is 10.0 Å². The first-order valence-electron chi connectivity index (χ1n) is 11.7. The van der Waals surface area contributed by atoms with Gasteiger partial charge in [-0.05, 0) is 56.7 Å². The molecule has 0 fully saturated rings. The van der Waals surface area contributed by atoms with Crippen LogP contribution in [0.1, 0.15) is 66.5 Å². The van der Waals surface area contributed by atoms with Gasteiger partial charge in [0, 0.05) is 17.2 Å². The van der Waals surface area contributed by atoms with Gasteiger partial charge in [-0.25, -0.2) is 0 Å². The molecular formula is C29H34O2S. The number of thioether (sulfide) groups is 1. The second kappa shape index (κ2) is 6.70. The number of fused-ring (bicyclic) bond motifs is 6. The van der Waals surface area contributed by atoms with Gasteiger partial charge in [0.05, 0.1) is 4.90 Å². The number of phenols is 1. The van der Waals surface area contributed by atoms with E-state index in [1.54, 1.807) is 0 Å². The number of phenolic OH excluding ortho intramolecular Hbond substituents is 1. The fourth-order valence-electron chi connectivity index (χ4n) is 5.78. The summed E-state index contributed by atoms with van der Waals surface area (Å²) in [4.78, 5) is 0.891. The van der Waals surface area contributed by atoms with Crippen LogP contribution in [0, 0.1) is 11.8 Å². The minimum atomic E-state index is -0.283. The number of ether oxygens (including phenoxy) is 1. The zero-order chi connectivity index (χ0) is 23.2. The summed E-state index contributed by atoms with van der Waals surface area (Å²) in [5, 5.41) is 13.2. The zero-order valence-electron chi connectivity index (χ0n) is 20.5. The molecule has 5 rings (SSSR count). The molecule has 0 saturated heterocycles. The van der Waals surface area contributed by atoms with Crippen molar-refractivity contribution < 1.29 is 9.84 Å². The van der Waals surface area contributed by atoms with Crippen molar-refractivity contribution in [2.24, 2.45) is 11.8 Å². The van der Waals surface area contributed by atoms with E-state index in [1.807, 2.05) is 17.8 Å². The maximum atomic E-state index is 11.2. The van der Waals surface area contributed by atoms with Crippen LogP contribution in [0.2, 0.25) is 0 Å². The predicted molar refractivity (Wildman–Crippen MR) is 136 cm³/mol. The number of benzene rings is 3. The Labute approximate surface area is 196 Å². The number of hydrogen-bond acceptors (Lipinski definition) is 3. The number of rotatable bonds is 2. The van der Waals surface area contributed by atoms with Gasteiger partial charge >= 0.3 is 0 Å². The summed E-state index contributed by atoms with van der Waals surface area (Å²) < 4.78 is 6.62. The first kappa shape index (κ1) is 21.7. The lowest BCUT2D eigenvalue weighted by atomic mass is 9.55. The molecule has 3 aromatic carbocycles. The average molecular weight is 447 g/mol. The molecule has 0 aromatic heterocycles. The van der Waals surface area contributed by atoms with Crippen molar-refractivity contribution >= 4 is 22.5 Å². The Morgan fingerprint density at radius 2 is 1.44 bits per heavy atom. The van der Waals surface area contributed by atoms with Crippen LogP contribution in [-0.2, 0) is 10.8 Å². The number of aromatic hydroxyl groups is 1. The van der Waals surface area contributed by atoms with Crippen molar-refractivity contribution in [2.75, 3.05) is 0 Å². The normalized spacial score (nSPS) is 19.6. The Hall–Kier alpha value is -2.13. The molecule has 0 unspecified atom stereocenters. The summed E-state index contributed by atoms with van der Waals surface area (Å²) in [6.45, 7) is 18.2. The third-order valence-corrected chi connectivity index (χ3v) is 10.3. The van der Waals surface area contributed by atoms with Crippen molar-refractivity contribution in [1.82, 2.24) is 0 Å². The standard InChI is InChI=1S/C29H34O2S/c1-16(2)29(17(3)4)31-24-13-19-20(14-25(24)32-29)26-18-11-9-10-12-21(18)27(5,6)28(7,8)22(26)15-23(19)30/h9-17,30H,1-8H3. The van der Waals surface area contributed by atoms with E-state index in [0.717, 1.165) is 16.5 Å². The highest BCUT2D eigenvalue weighted by atomic mass is 32.2. The monoisotopic (exact) mass is 446 g/mol. The van der Waals surface area contributed by atoms with Crippen LogP contribution in [0.25, 0.3) is 21.9 Å². The van der Waals surface area contributed by atoms with Crippen molar-refractivity contribution in [2.45, 2.75) is 76.0 Å². The molecule has 32 heavy (non-hydrogen) atoms. The van der Waals surface area contributed by atoms with Crippen molar-refractivity contribution in [1.29, 1.82) is 0 Å². The van der Waals surface area contributed by atoms with Crippen LogP contribution in [0.4, 0.5) is 0 Å². The summed E-state index contributed by atoms with van der Waals surface area (Å²) in [5.41, 5.74) is 4.93. The summed E-state index contributed by atoms with van der Waals surface area (Å²) in [5.74, 6) is 1.96. The van der Waals surface area contributed by atoms with Gasteiger partial charge in [0.1, 0.15) is 11.5 Å². The van der Waals surface area contributed by atoms with E-state index >= 15 is 0 Å². The minimum Gasteiger partial charge on any atom is -0.507 e. The van der Waals surface area contributed by atoms with Gasteiger partial charge in [-0.2, -0.15) is 0 Å². The molecule has 0 bridgehead atoms. The van der Waals surface area contributed by atoms with E-state index in [4.69, 9.17) is 4.74 Å². The molecule has 0 atom stereocenters. The Morgan fingerprint density at radius 1 is 0.812 bits per heavy atom. The maximum absolute atomic E-state index is 11.2. The lowest BCUT2D eigenvalue weighted by Gasteiger charge is -2.48. The van der Waals surface area contributed by atoms with Crippen LogP contribution < -0.4 is 4.74 Å². The molecule has 3 heteroatoms. The lowest BCUT2D eigenvalue weighted by Crippen LogP contribution is -2.43. The molecule has 1 aliphatic carbocycles. The molecule has 1 N–H and O–H groups in total. The first-order chi connectivity index (χ1) is 14.9. The van der Waals surface area contributed by atoms with E-state index in [9.17, 15) is 5.11 Å². The Morgan fingerprint density at radius 3 is 2.09 bits per heavy atom. The quantitative estimate of drug-likeness (QED) is 0.429. The van der Waals surface area contributed by atoms with Crippen molar-refractivity contribution in [3.8, 4) is 22.6 Å². The topological polar surface area (TPSA) is 29.5 Å². The Balaban J connectivity index is 1.84. The third kappa shape index (κ3) is 2.61. The summed E-state index contributed by atoms with van der Waals surface area (Å²) in [6, 6.07) is 15.1. The fraction of sp³-hybridized carbons (Fsp3) is 0.448. The maximum Gasteiger partial charge on any atom is 0.163 e. The van der Waals surface area contributed by atoms with Gasteiger partial charge < -0.3 is 9.84 Å². The fourth-order valence-corrected chi connectivity index (χ4v) is 7.10. The van der Waals surface area contributed by atoms with Crippen LogP contribution in [0.3, 0.4) is 0 Å². The highest BCUT2D eigenvalue weighted by molar-refractivity contribution is 8.01. The second-order valence-electron chi connectivity index (χ2n) is 11.2. The van der Waals surface area contributed by atoms with E-state index in [1.165, 1.54) is 27.1 Å². The van der Waals surface area contributed by atoms with E-state index in [-0.39, 0.29) is 15.8 Å². The Bertz CT molecular complexity index is 1240. The first-order valence-corrected chi connectivity index (χ1v) is 12.6. The summed E-state index contributed by atoms with van der Waals surface area (Å²) >= 11 is 1.85. The SMILES string of the molecule is CC(C)C1(C(C)C)Oc2cc3c(O)cc4c(c3cc2S1)-c1ccccc1C(C)(C)C4(C)C. The van der Waals surface area contributed by atoms with Crippen LogP contribution in [0.15, 0.2) is 47.4 Å². The van der Waals surface area contributed by atoms with E-state index < -0.39 is 0 Å². The van der Waals surface area contributed by atoms with Crippen LogP contribution >= 0.6 is 11.8 Å². The van der Waals surface area contributed by atoms with Gasteiger partial charge in [-0.3, -0.25) is 0 Å². The lowest BCUT2D eigenvalue weighted by molar-refractivity contribution is 0.0757. The molecule has 0 saturated carbocycles. The second-order valence-corrected chi connectivity index (χ2v) is 12.5. The van der Waals surface area contributed by atoms with E-state index in [2.05, 4.69) is 91.8 Å². The van der Waals surface area contributed by atoms with Gasteiger partial charge in [0.2, 0.25) is 0 Å². The molecule has 0 spiro atoms. The summed E-state index contributed by atoms with van der Waals surface area (Å²) in [6.07, 6.45) is 0. The predicted octanol–water partition coefficient (Wildman–Crippen LogP) is 8.27. The highest BCUT2D eigenvalue weighted by Crippen LogP contribution is 2.60. The van der Waals surface area contributed by atoms with Crippen molar-refractivity contribution in [3.05, 3.63) is 53.6 Å². The Kier molecular flexibility index (Phi) is 4.54. The minimum absolute atomic E-state index is 0.0598. The van der Waals surface area contributed by atoms with Crippen molar-refractivity contribution in [3.63, 3.8) is 0 Å². The van der Waals surface area contributed by atoms with Gasteiger partial charge in [-0.1, -0.05) is 91.4 Å². The van der Waals surface area contributed by atoms with Gasteiger partial charge in [0.25, 0.3) is 0 Å². The van der Waals surface area contributed by atoms with E-state index in [0.29, 0.717) is 17.6 Å². The molecular weight excluding hydrogens is 412 g/mol. The smallest absolute Gasteiger partial charge is 0.163 e. The van der Waals surface area contributed by atoms with Gasteiger partial charge in [0.15, 0.2) is 4.93 Å². The third-order valence-electron chi connectivity index (χ3n) is 8.43. The molecule has 168 valence electrons. The van der Waals surface area contributed by atoms with Gasteiger partial charge in [-0.15, -0.1) is 0 Å². The van der Waals surface area contributed by atoms with Crippen LogP contribution in [0.5, 0.6) is 11.5 Å². The zero-order valence-corrected chi connectivity index (χ0v) is 21.3. The molecule has 2 aliphatic rings. The number of hydrogen-bond donors (Lipinski definition) is 1. The average Bonchev–Trinajstić information content (AvgIpc) is 3.12. The summed E-state index contributed by atoms with van der Waals surface area (Å²) in [7, 11) is 0. The molecule has 2 nitrogen and oxygen atoms in total. The highest BCUT2D eigenvalue weighted by Gasteiger charge is 2.48.